The van der Waals surface area contributed by atoms with Gasteiger partial charge in [-0.05, 0) is 0 Å². The second kappa shape index (κ2) is 5.38. The smallest absolute Gasteiger partial charge is 0.203 e. The Balaban J connectivity index is 2.20. The quantitative estimate of drug-likeness (QED) is 0.632. The highest BCUT2D eigenvalue weighted by molar-refractivity contribution is 7.98. The Morgan fingerprint density at radius 3 is 2.85 bits per heavy atom. The van der Waals surface area contributed by atoms with Gasteiger partial charge in [-0.2, -0.15) is 11.8 Å². The first kappa shape index (κ1) is 10.7. The van der Waals surface area contributed by atoms with Crippen molar-refractivity contribution in [2.24, 2.45) is 0 Å². The van der Waals surface area contributed by atoms with Gasteiger partial charge in [0.25, 0.3) is 0 Å². The predicted molar refractivity (Wildman–Crippen MR) is 53.6 cm³/mol. The van der Waals surface area contributed by atoms with Crippen LogP contribution in [0.2, 0.25) is 0 Å². The van der Waals surface area contributed by atoms with Gasteiger partial charge in [-0.3, -0.25) is 0 Å². The fourth-order valence-electron chi connectivity index (χ4n) is 0.660. The number of anilines is 1. The number of hydrogen-bond acceptors (Lipinski definition) is 7. The van der Waals surface area contributed by atoms with E-state index in [0.29, 0.717) is 16.6 Å². The molecule has 0 aromatic carbocycles. The molecule has 4 N–H and O–H groups in total. The molecule has 1 unspecified atom stereocenters. The van der Waals surface area contributed by atoms with E-state index in [4.69, 9.17) is 15.9 Å². The third-order valence-electron chi connectivity index (χ3n) is 1.23. The van der Waals surface area contributed by atoms with Crippen LogP contribution in [-0.4, -0.2) is 38.9 Å². The van der Waals surface area contributed by atoms with Crippen molar-refractivity contribution in [2.75, 3.05) is 18.1 Å². The summed E-state index contributed by atoms with van der Waals surface area (Å²) >= 11 is 2.83. The average molecular weight is 221 g/mol. The van der Waals surface area contributed by atoms with Gasteiger partial charge in [-0.1, -0.05) is 11.3 Å². The largest absolute Gasteiger partial charge is 0.394 e. The first-order chi connectivity index (χ1) is 6.22. The summed E-state index contributed by atoms with van der Waals surface area (Å²) in [5.41, 5.74) is 5.38. The molecule has 1 atom stereocenters. The number of rotatable bonds is 5. The third kappa shape index (κ3) is 3.90. The zero-order valence-corrected chi connectivity index (χ0v) is 8.51. The summed E-state index contributed by atoms with van der Waals surface area (Å²) < 4.78 is 0. The minimum atomic E-state index is -0.657. The van der Waals surface area contributed by atoms with Crippen LogP contribution >= 0.6 is 23.1 Å². The fourth-order valence-corrected chi connectivity index (χ4v) is 2.28. The van der Waals surface area contributed by atoms with E-state index in [9.17, 15) is 0 Å². The monoisotopic (exact) mass is 221 g/mol. The van der Waals surface area contributed by atoms with Gasteiger partial charge in [0.15, 0.2) is 0 Å². The van der Waals surface area contributed by atoms with E-state index in [1.54, 1.807) is 0 Å². The number of aliphatic hydroxyl groups is 2. The molecule has 1 aromatic rings. The number of aromatic nitrogens is 2. The predicted octanol–water partition coefficient (Wildman–Crippen LogP) is -0.293. The summed E-state index contributed by atoms with van der Waals surface area (Å²) in [6.07, 6.45) is -0.657. The molecule has 1 rings (SSSR count). The van der Waals surface area contributed by atoms with Crippen molar-refractivity contribution < 1.29 is 10.2 Å². The Labute approximate surface area is 84.0 Å². The topological polar surface area (TPSA) is 92.3 Å². The molecule has 0 amide bonds. The van der Waals surface area contributed by atoms with E-state index in [-0.39, 0.29) is 6.61 Å². The molecular formula is C6H11N3O2S2. The molecule has 0 saturated heterocycles. The molecule has 13 heavy (non-hydrogen) atoms. The van der Waals surface area contributed by atoms with Crippen LogP contribution in [-0.2, 0) is 5.75 Å². The zero-order valence-electron chi connectivity index (χ0n) is 6.88. The molecule has 7 heteroatoms. The van der Waals surface area contributed by atoms with Crippen molar-refractivity contribution in [1.29, 1.82) is 0 Å². The third-order valence-corrected chi connectivity index (χ3v) is 3.26. The Morgan fingerprint density at radius 1 is 1.54 bits per heavy atom. The number of nitrogens with zero attached hydrogens (tertiary/aromatic N) is 2. The molecule has 0 spiro atoms. The van der Waals surface area contributed by atoms with E-state index < -0.39 is 6.10 Å². The second-order valence-electron chi connectivity index (χ2n) is 2.39. The van der Waals surface area contributed by atoms with E-state index in [0.717, 1.165) is 5.01 Å². The fraction of sp³-hybridized carbons (Fsp3) is 0.667. The van der Waals surface area contributed by atoms with Crippen LogP contribution in [0.4, 0.5) is 5.13 Å². The van der Waals surface area contributed by atoms with Crippen LogP contribution in [0.1, 0.15) is 5.01 Å². The van der Waals surface area contributed by atoms with Crippen LogP contribution in [0, 0.1) is 0 Å². The summed E-state index contributed by atoms with van der Waals surface area (Å²) in [5, 5.41) is 26.3. The van der Waals surface area contributed by atoms with E-state index in [2.05, 4.69) is 10.2 Å². The SMILES string of the molecule is Nc1nnc(CSCC(O)CO)s1. The second-order valence-corrected chi connectivity index (χ2v) is 4.51. The molecule has 1 heterocycles. The highest BCUT2D eigenvalue weighted by Gasteiger charge is 2.04. The lowest BCUT2D eigenvalue weighted by molar-refractivity contribution is 0.113. The van der Waals surface area contributed by atoms with Crippen molar-refractivity contribution in [3.63, 3.8) is 0 Å². The van der Waals surface area contributed by atoms with Gasteiger partial charge in [0, 0.05) is 11.5 Å². The van der Waals surface area contributed by atoms with Gasteiger partial charge in [0.05, 0.1) is 12.7 Å². The first-order valence-corrected chi connectivity index (χ1v) is 5.64. The first-order valence-electron chi connectivity index (χ1n) is 3.67. The molecule has 0 aliphatic heterocycles. The lowest BCUT2D eigenvalue weighted by atomic mass is 10.4. The normalized spacial score (nSPS) is 13.1. The molecule has 0 aliphatic rings. The van der Waals surface area contributed by atoms with Crippen molar-refractivity contribution in [2.45, 2.75) is 11.9 Å². The summed E-state index contributed by atoms with van der Waals surface area (Å²) in [6.45, 7) is -0.203. The Kier molecular flexibility index (Phi) is 4.43. The minimum absolute atomic E-state index is 0.203. The molecule has 0 radical (unpaired) electrons. The number of thioether (sulfide) groups is 1. The molecule has 1 aromatic heterocycles. The molecule has 0 fully saturated rings. The maximum Gasteiger partial charge on any atom is 0.203 e. The molecule has 5 nitrogen and oxygen atoms in total. The Morgan fingerprint density at radius 2 is 2.31 bits per heavy atom. The van der Waals surface area contributed by atoms with Crippen molar-refractivity contribution in [3.05, 3.63) is 5.01 Å². The van der Waals surface area contributed by atoms with Crippen molar-refractivity contribution in [3.8, 4) is 0 Å². The highest BCUT2D eigenvalue weighted by atomic mass is 32.2. The molecule has 0 aliphatic carbocycles. The molecular weight excluding hydrogens is 210 g/mol. The summed E-state index contributed by atoms with van der Waals surface area (Å²) in [4.78, 5) is 0. The van der Waals surface area contributed by atoms with E-state index >= 15 is 0 Å². The van der Waals surface area contributed by atoms with E-state index in [1.807, 2.05) is 0 Å². The maximum absolute atomic E-state index is 9.01. The molecule has 0 saturated carbocycles. The van der Waals surface area contributed by atoms with Crippen molar-refractivity contribution in [1.82, 2.24) is 10.2 Å². The lowest BCUT2D eigenvalue weighted by Crippen LogP contribution is -2.14. The highest BCUT2D eigenvalue weighted by Crippen LogP contribution is 2.17. The number of nitrogen functional groups attached to an aromatic ring is 1. The Hall–Kier alpha value is -0.370. The average Bonchev–Trinajstić information content (AvgIpc) is 2.51. The van der Waals surface area contributed by atoms with Gasteiger partial charge in [0.2, 0.25) is 5.13 Å². The maximum atomic E-state index is 9.01. The summed E-state index contributed by atoms with van der Waals surface area (Å²) in [5.74, 6) is 1.17. The number of aliphatic hydroxyl groups excluding tert-OH is 2. The number of hydrogen-bond donors (Lipinski definition) is 3. The lowest BCUT2D eigenvalue weighted by Gasteiger charge is -2.03. The van der Waals surface area contributed by atoms with Gasteiger partial charge < -0.3 is 15.9 Å². The van der Waals surface area contributed by atoms with Crippen LogP contribution < -0.4 is 5.73 Å². The van der Waals surface area contributed by atoms with Gasteiger partial charge in [-0.15, -0.1) is 10.2 Å². The van der Waals surface area contributed by atoms with Gasteiger partial charge >= 0.3 is 0 Å². The van der Waals surface area contributed by atoms with Crippen LogP contribution in [0.5, 0.6) is 0 Å². The minimum Gasteiger partial charge on any atom is -0.394 e. The molecule has 0 bridgehead atoms. The van der Waals surface area contributed by atoms with Crippen LogP contribution in [0.15, 0.2) is 0 Å². The van der Waals surface area contributed by atoms with Crippen LogP contribution in [0.25, 0.3) is 0 Å². The zero-order chi connectivity index (χ0) is 9.68. The molecule has 74 valence electrons. The van der Waals surface area contributed by atoms with Gasteiger partial charge in [-0.25, -0.2) is 0 Å². The van der Waals surface area contributed by atoms with E-state index in [1.165, 1.54) is 23.1 Å². The van der Waals surface area contributed by atoms with Crippen LogP contribution in [0.3, 0.4) is 0 Å². The number of nitrogens with two attached hydrogens (primary N) is 1. The van der Waals surface area contributed by atoms with Gasteiger partial charge in [0.1, 0.15) is 5.01 Å². The summed E-state index contributed by atoms with van der Waals surface area (Å²) in [6, 6.07) is 0. The standard InChI is InChI=1S/C6H11N3O2S2/c7-6-9-8-5(13-6)3-12-2-4(11)1-10/h4,10-11H,1-3H2,(H2,7,9). The van der Waals surface area contributed by atoms with Crippen molar-refractivity contribution >= 4 is 28.2 Å². The Bertz CT molecular complexity index is 256. The summed E-state index contributed by atoms with van der Waals surface area (Å²) in [7, 11) is 0.